The van der Waals surface area contributed by atoms with Crippen LogP contribution in [0.25, 0.3) is 10.8 Å². The summed E-state index contributed by atoms with van der Waals surface area (Å²) in [6.45, 7) is 1.88. The molecule has 0 N–H and O–H groups in total. The summed E-state index contributed by atoms with van der Waals surface area (Å²) in [5.74, 6) is 1.06. The summed E-state index contributed by atoms with van der Waals surface area (Å²) >= 11 is 12.0. The lowest BCUT2D eigenvalue weighted by Gasteiger charge is -2.09. The number of benzene rings is 2. The van der Waals surface area contributed by atoms with E-state index in [2.05, 4.69) is 9.97 Å². The highest BCUT2D eigenvalue weighted by molar-refractivity contribution is 6.35. The molecule has 0 fully saturated rings. The van der Waals surface area contributed by atoms with Crippen LogP contribution in [0, 0.1) is 6.92 Å². The van der Waals surface area contributed by atoms with Crippen LogP contribution in [0.4, 0.5) is 0 Å². The molecular weight excluding hydrogens is 307 g/mol. The summed E-state index contributed by atoms with van der Waals surface area (Å²) in [5, 5.41) is 2.55. The van der Waals surface area contributed by atoms with Crippen molar-refractivity contribution in [1.82, 2.24) is 9.97 Å². The molecule has 3 nitrogen and oxygen atoms in total. The highest BCUT2D eigenvalue weighted by atomic mass is 35.5. The smallest absolute Gasteiger partial charge is 0.322 e. The summed E-state index contributed by atoms with van der Waals surface area (Å²) in [7, 11) is 0. The Morgan fingerprint density at radius 1 is 1.10 bits per heavy atom. The van der Waals surface area contributed by atoms with Gasteiger partial charge in [0.2, 0.25) is 0 Å². The lowest BCUT2D eigenvalue weighted by Crippen LogP contribution is -1.97. The van der Waals surface area contributed by atoms with Gasteiger partial charge in [-0.1, -0.05) is 35.9 Å². The van der Waals surface area contributed by atoms with E-state index in [1.807, 2.05) is 37.3 Å². The van der Waals surface area contributed by atoms with E-state index in [1.54, 1.807) is 12.3 Å². The highest BCUT2D eigenvalue weighted by Gasteiger charge is 2.09. The Morgan fingerprint density at radius 2 is 1.86 bits per heavy atom. The molecule has 3 aromatic rings. The van der Waals surface area contributed by atoms with E-state index in [4.69, 9.17) is 27.9 Å². The first-order valence-corrected chi connectivity index (χ1v) is 7.34. The first-order chi connectivity index (χ1) is 10.2. The molecule has 0 saturated heterocycles. The zero-order chi connectivity index (χ0) is 14.8. The van der Waals surface area contributed by atoms with E-state index >= 15 is 0 Å². The van der Waals surface area contributed by atoms with Crippen LogP contribution < -0.4 is 4.74 Å². The molecule has 0 aliphatic carbocycles. The minimum absolute atomic E-state index is 0.300. The molecule has 0 radical (unpaired) electrons. The summed E-state index contributed by atoms with van der Waals surface area (Å²) in [5.41, 5.74) is 1.71. The maximum absolute atomic E-state index is 6.20. The summed E-state index contributed by atoms with van der Waals surface area (Å²) in [4.78, 5) is 8.50. The van der Waals surface area contributed by atoms with Crippen molar-refractivity contribution in [2.75, 3.05) is 0 Å². The Balaban J connectivity index is 2.02. The molecule has 0 bridgehead atoms. The molecule has 106 valence electrons. The van der Waals surface area contributed by atoms with Crippen LogP contribution in [0.3, 0.4) is 0 Å². The van der Waals surface area contributed by atoms with Crippen molar-refractivity contribution in [3.63, 3.8) is 0 Å². The van der Waals surface area contributed by atoms with E-state index < -0.39 is 0 Å². The second kappa shape index (κ2) is 5.88. The van der Waals surface area contributed by atoms with E-state index in [1.165, 1.54) is 0 Å². The van der Waals surface area contributed by atoms with Crippen molar-refractivity contribution < 1.29 is 4.74 Å². The summed E-state index contributed by atoms with van der Waals surface area (Å²) in [6, 6.07) is 11.7. The Labute approximate surface area is 132 Å². The number of aromatic nitrogens is 2. The molecule has 0 unspecified atom stereocenters. The number of ether oxygens (including phenoxy) is 1. The van der Waals surface area contributed by atoms with Gasteiger partial charge in [-0.3, -0.25) is 0 Å². The molecule has 1 heterocycles. The van der Waals surface area contributed by atoms with E-state index in [9.17, 15) is 0 Å². The van der Waals surface area contributed by atoms with E-state index in [0.717, 1.165) is 22.0 Å². The number of halogens is 2. The van der Waals surface area contributed by atoms with Crippen LogP contribution in [0.5, 0.6) is 11.8 Å². The fraction of sp³-hybridized carbons (Fsp3) is 0.125. The number of aryl methyl sites for hydroxylation is 1. The van der Waals surface area contributed by atoms with E-state index in [-0.39, 0.29) is 0 Å². The molecule has 0 amide bonds. The molecule has 0 aliphatic rings. The number of fused-ring (bicyclic) bond motifs is 1. The van der Waals surface area contributed by atoms with Gasteiger partial charge in [0.05, 0.1) is 5.88 Å². The zero-order valence-corrected chi connectivity index (χ0v) is 12.8. The second-order valence-corrected chi connectivity index (χ2v) is 5.26. The molecule has 3 rings (SSSR count). The molecule has 1 aromatic heterocycles. The van der Waals surface area contributed by atoms with E-state index in [0.29, 0.717) is 22.7 Å². The van der Waals surface area contributed by atoms with Gasteiger partial charge in [-0.25, -0.2) is 4.98 Å². The predicted octanol–water partition coefficient (Wildman–Crippen LogP) is 5.12. The van der Waals surface area contributed by atoms with Crippen LogP contribution in [0.1, 0.15) is 11.3 Å². The van der Waals surface area contributed by atoms with Gasteiger partial charge in [0, 0.05) is 33.2 Å². The van der Waals surface area contributed by atoms with Gasteiger partial charge in [-0.2, -0.15) is 4.98 Å². The van der Waals surface area contributed by atoms with Gasteiger partial charge in [0.1, 0.15) is 5.75 Å². The van der Waals surface area contributed by atoms with Crippen LogP contribution in [-0.2, 0) is 5.88 Å². The largest absolute Gasteiger partial charge is 0.424 e. The summed E-state index contributed by atoms with van der Waals surface area (Å²) in [6.07, 6.45) is 1.68. The lowest BCUT2D eigenvalue weighted by atomic mass is 10.1. The minimum Gasteiger partial charge on any atom is -0.424 e. The number of hydrogen-bond acceptors (Lipinski definition) is 3. The standard InChI is InChI=1S/C16H12Cl2N2O/c1-10-11(8-17)9-19-16(20-10)21-15-7-6-14(18)12-4-2-3-5-13(12)15/h2-7,9H,8H2,1H3. The molecule has 21 heavy (non-hydrogen) atoms. The van der Waals surface area contributed by atoms with Gasteiger partial charge < -0.3 is 4.74 Å². The molecule has 2 aromatic carbocycles. The number of nitrogens with zero attached hydrogens (tertiary/aromatic N) is 2. The molecule has 5 heteroatoms. The average Bonchev–Trinajstić information content (AvgIpc) is 2.51. The third kappa shape index (κ3) is 2.80. The maximum Gasteiger partial charge on any atom is 0.322 e. The van der Waals surface area contributed by atoms with Gasteiger partial charge in [-0.05, 0) is 19.1 Å². The summed E-state index contributed by atoms with van der Waals surface area (Å²) < 4.78 is 5.80. The molecule has 0 saturated carbocycles. The number of rotatable bonds is 3. The van der Waals surface area contributed by atoms with Crippen molar-refractivity contribution in [3.05, 3.63) is 58.9 Å². The van der Waals surface area contributed by atoms with Gasteiger partial charge in [0.25, 0.3) is 0 Å². The molecule has 0 atom stereocenters. The first-order valence-electron chi connectivity index (χ1n) is 6.42. The van der Waals surface area contributed by atoms with Crippen molar-refractivity contribution in [2.45, 2.75) is 12.8 Å². The third-order valence-electron chi connectivity index (χ3n) is 3.23. The monoisotopic (exact) mass is 318 g/mol. The van der Waals surface area contributed by atoms with Gasteiger partial charge in [-0.15, -0.1) is 11.6 Å². The van der Waals surface area contributed by atoms with Crippen LogP contribution >= 0.6 is 23.2 Å². The van der Waals surface area contributed by atoms with Crippen molar-refractivity contribution >= 4 is 34.0 Å². The molecular formula is C16H12Cl2N2O. The maximum atomic E-state index is 6.20. The van der Waals surface area contributed by atoms with Gasteiger partial charge in [0.15, 0.2) is 0 Å². The zero-order valence-electron chi connectivity index (χ0n) is 11.3. The lowest BCUT2D eigenvalue weighted by molar-refractivity contribution is 0.444. The van der Waals surface area contributed by atoms with Crippen molar-refractivity contribution in [1.29, 1.82) is 0 Å². The van der Waals surface area contributed by atoms with Gasteiger partial charge >= 0.3 is 6.01 Å². The average molecular weight is 319 g/mol. The second-order valence-electron chi connectivity index (χ2n) is 4.59. The minimum atomic E-state index is 0.300. The Morgan fingerprint density at radius 3 is 2.57 bits per heavy atom. The fourth-order valence-corrected chi connectivity index (χ4v) is 2.56. The molecule has 0 aliphatic heterocycles. The Kier molecular flexibility index (Phi) is 3.95. The number of alkyl halides is 1. The van der Waals surface area contributed by atoms with Crippen LogP contribution in [-0.4, -0.2) is 9.97 Å². The fourth-order valence-electron chi connectivity index (χ4n) is 2.07. The topological polar surface area (TPSA) is 35.0 Å². The van der Waals surface area contributed by atoms with Crippen LogP contribution in [0.15, 0.2) is 42.6 Å². The third-order valence-corrected chi connectivity index (χ3v) is 3.85. The SMILES string of the molecule is Cc1nc(Oc2ccc(Cl)c3ccccc23)ncc1CCl. The Hall–Kier alpha value is -1.84. The van der Waals surface area contributed by atoms with Crippen molar-refractivity contribution in [3.8, 4) is 11.8 Å². The van der Waals surface area contributed by atoms with Crippen LogP contribution in [0.2, 0.25) is 5.02 Å². The quantitative estimate of drug-likeness (QED) is 0.628. The highest BCUT2D eigenvalue weighted by Crippen LogP contribution is 2.33. The predicted molar refractivity (Wildman–Crippen MR) is 85.4 cm³/mol. The number of hydrogen-bond donors (Lipinski definition) is 0. The normalized spacial score (nSPS) is 10.8. The Bertz CT molecular complexity index is 805. The first kappa shape index (κ1) is 14.1. The van der Waals surface area contributed by atoms with Crippen molar-refractivity contribution in [2.24, 2.45) is 0 Å². The molecule has 0 spiro atoms.